The number of halogens is 1. The molecular weight excluding hydrogens is 726 g/mol. The van der Waals surface area contributed by atoms with E-state index in [1.54, 1.807) is 47.7 Å². The summed E-state index contributed by atoms with van der Waals surface area (Å²) in [5.74, 6) is 0.379. The maximum absolute atomic E-state index is 13.4. The third kappa shape index (κ3) is 6.77. The molecule has 0 unspecified atom stereocenters. The van der Waals surface area contributed by atoms with Crippen LogP contribution in [0.25, 0.3) is 26.8 Å². The van der Waals surface area contributed by atoms with Gasteiger partial charge in [0, 0.05) is 56.0 Å². The minimum absolute atomic E-state index is 0.0486. The van der Waals surface area contributed by atoms with Crippen LogP contribution in [-0.2, 0) is 9.53 Å². The van der Waals surface area contributed by atoms with E-state index in [0.29, 0.717) is 49.6 Å². The highest BCUT2D eigenvalue weighted by Gasteiger charge is 2.32. The molecule has 54 heavy (non-hydrogen) atoms. The summed E-state index contributed by atoms with van der Waals surface area (Å²) >= 11 is 7.86. The van der Waals surface area contributed by atoms with Gasteiger partial charge in [-0.2, -0.15) is 0 Å². The first-order chi connectivity index (χ1) is 26.1. The number of rotatable bonds is 12. The number of hydrogen-bond acceptors (Lipinski definition) is 9. The summed E-state index contributed by atoms with van der Waals surface area (Å²) in [6.45, 7) is 10.5. The van der Waals surface area contributed by atoms with E-state index in [4.69, 9.17) is 21.3 Å². The van der Waals surface area contributed by atoms with Crippen molar-refractivity contribution in [1.29, 1.82) is 0 Å². The van der Waals surface area contributed by atoms with Crippen LogP contribution in [0.1, 0.15) is 71.2 Å². The summed E-state index contributed by atoms with van der Waals surface area (Å²) in [5, 5.41) is 17.4. The van der Waals surface area contributed by atoms with Crippen LogP contribution in [0, 0.1) is 20.8 Å². The SMILES string of the molecule is C=CC(=O)n1c2ccc(C=O)cc2c2c(C(=O)NCCOCCNC(=O)C[C@@H]3N=C(c4ccc(Cl)cc4)c4c(sc(C)c4C)-n4c(C)nnc43)cccc21. The number of nitrogens with one attached hydrogen (secondary N) is 2. The number of amides is 2. The van der Waals surface area contributed by atoms with Gasteiger partial charge in [-0.1, -0.05) is 36.4 Å². The van der Waals surface area contributed by atoms with Crippen molar-refractivity contribution in [3.63, 3.8) is 0 Å². The molecule has 0 bridgehead atoms. The summed E-state index contributed by atoms with van der Waals surface area (Å²) in [6.07, 6.45) is 1.98. The summed E-state index contributed by atoms with van der Waals surface area (Å²) in [7, 11) is 0. The molecule has 1 aliphatic rings. The van der Waals surface area contributed by atoms with Crippen LogP contribution >= 0.6 is 22.9 Å². The largest absolute Gasteiger partial charge is 0.378 e. The van der Waals surface area contributed by atoms with Gasteiger partial charge in [0.25, 0.3) is 11.8 Å². The number of aldehydes is 1. The van der Waals surface area contributed by atoms with Crippen LogP contribution in [0.3, 0.4) is 0 Å². The average molecular weight is 762 g/mol. The Labute approximate surface area is 319 Å². The molecule has 274 valence electrons. The monoisotopic (exact) mass is 761 g/mol. The number of hydrogen-bond donors (Lipinski definition) is 2. The first kappa shape index (κ1) is 36.6. The minimum Gasteiger partial charge on any atom is -0.378 e. The number of fused-ring (bicyclic) bond motifs is 6. The Balaban J connectivity index is 0.980. The molecule has 2 amide bonds. The summed E-state index contributed by atoms with van der Waals surface area (Å²) in [6, 6.07) is 17.0. The van der Waals surface area contributed by atoms with Crippen LogP contribution in [0.5, 0.6) is 0 Å². The van der Waals surface area contributed by atoms with E-state index in [-0.39, 0.29) is 50.4 Å². The van der Waals surface area contributed by atoms with Gasteiger partial charge < -0.3 is 15.4 Å². The normalized spacial score (nSPS) is 13.6. The second-order valence-electron chi connectivity index (χ2n) is 12.8. The molecular formula is C40H36ClN7O5S. The molecule has 7 rings (SSSR count). The highest BCUT2D eigenvalue weighted by molar-refractivity contribution is 7.15. The number of carbonyl (C=O) groups is 4. The fraction of sp³-hybridized carbons (Fsp3) is 0.225. The summed E-state index contributed by atoms with van der Waals surface area (Å²) < 4.78 is 9.21. The number of nitrogens with zero attached hydrogens (tertiary/aromatic N) is 5. The molecule has 0 spiro atoms. The van der Waals surface area contributed by atoms with Crippen molar-refractivity contribution in [2.45, 2.75) is 33.2 Å². The van der Waals surface area contributed by atoms with Gasteiger partial charge in [-0.15, -0.1) is 21.5 Å². The predicted molar refractivity (Wildman–Crippen MR) is 210 cm³/mol. The fourth-order valence-corrected chi connectivity index (χ4v) is 8.10. The number of carbonyl (C=O) groups excluding carboxylic acids is 4. The third-order valence-corrected chi connectivity index (χ3v) is 10.9. The quantitative estimate of drug-likeness (QED) is 0.0822. The van der Waals surface area contributed by atoms with Crippen LogP contribution in [0.4, 0.5) is 0 Å². The van der Waals surface area contributed by atoms with Crippen molar-refractivity contribution in [2.75, 3.05) is 26.3 Å². The smallest absolute Gasteiger partial charge is 0.254 e. The topological polar surface area (TPSA) is 150 Å². The molecule has 2 N–H and O–H groups in total. The van der Waals surface area contributed by atoms with Crippen LogP contribution in [0.2, 0.25) is 5.02 Å². The van der Waals surface area contributed by atoms with Gasteiger partial charge in [-0.25, -0.2) is 0 Å². The van der Waals surface area contributed by atoms with E-state index in [9.17, 15) is 19.2 Å². The van der Waals surface area contributed by atoms with Gasteiger partial charge in [-0.3, -0.25) is 33.3 Å². The predicted octanol–water partition coefficient (Wildman–Crippen LogP) is 6.50. The number of ether oxygens (including phenoxy) is 1. The molecule has 0 aliphatic carbocycles. The lowest BCUT2D eigenvalue weighted by atomic mass is 9.99. The lowest BCUT2D eigenvalue weighted by Crippen LogP contribution is -2.31. The standard InChI is InChI=1S/C40H36ClN7O5S/c1-5-34(51)48-31-14-9-25(21-49)19-29(31)36-28(7-6-8-32(36)48)39(52)43-16-18-53-17-15-42-33(50)20-30-38-46-45-24(4)47(38)40-35(22(2)23(3)54-40)37(44-30)26-10-12-27(41)13-11-26/h5-14,19,21,30H,1,15-18,20H2,2-4H3,(H,42,50)(H,43,52)/t30-/m0/s1. The van der Waals surface area contributed by atoms with Gasteiger partial charge in [0.1, 0.15) is 23.2 Å². The Morgan fingerprint density at radius 3 is 2.48 bits per heavy atom. The zero-order valence-electron chi connectivity index (χ0n) is 29.8. The number of thiophene rings is 1. The molecule has 3 aromatic heterocycles. The van der Waals surface area contributed by atoms with Crippen molar-refractivity contribution in [3.05, 3.63) is 123 Å². The molecule has 3 aromatic carbocycles. The fourth-order valence-electron chi connectivity index (χ4n) is 6.76. The Morgan fingerprint density at radius 1 is 0.981 bits per heavy atom. The Hall–Kier alpha value is -5.76. The number of aliphatic imine (C=N–C) groups is 1. The second-order valence-corrected chi connectivity index (χ2v) is 14.4. The number of allylic oxidation sites excluding steroid dienone is 1. The zero-order valence-corrected chi connectivity index (χ0v) is 31.4. The molecule has 4 heterocycles. The Bertz CT molecular complexity index is 2510. The molecule has 0 radical (unpaired) electrons. The van der Waals surface area contributed by atoms with Crippen molar-refractivity contribution in [1.82, 2.24) is 30.0 Å². The first-order valence-corrected chi connectivity index (χ1v) is 18.5. The molecule has 1 aliphatic heterocycles. The van der Waals surface area contributed by atoms with Gasteiger partial charge in [0.15, 0.2) is 5.82 Å². The van der Waals surface area contributed by atoms with Crippen molar-refractivity contribution >= 4 is 74.5 Å². The van der Waals surface area contributed by atoms with E-state index in [1.807, 2.05) is 35.8 Å². The molecule has 1 atom stereocenters. The highest BCUT2D eigenvalue weighted by Crippen LogP contribution is 2.39. The first-order valence-electron chi connectivity index (χ1n) is 17.3. The maximum atomic E-state index is 13.4. The summed E-state index contributed by atoms with van der Waals surface area (Å²) in [5.41, 5.74) is 5.65. The Kier molecular flexibility index (Phi) is 10.4. The number of benzene rings is 3. The van der Waals surface area contributed by atoms with Gasteiger partial charge in [0.2, 0.25) is 5.91 Å². The zero-order chi connectivity index (χ0) is 38.1. The highest BCUT2D eigenvalue weighted by atomic mass is 35.5. The molecule has 0 saturated heterocycles. The second kappa shape index (κ2) is 15.3. The van der Waals surface area contributed by atoms with Crippen LogP contribution in [0.15, 0.2) is 78.3 Å². The van der Waals surface area contributed by atoms with Crippen molar-refractivity contribution < 1.29 is 23.9 Å². The molecule has 0 fully saturated rings. The van der Waals surface area contributed by atoms with Crippen LogP contribution < -0.4 is 10.6 Å². The van der Waals surface area contributed by atoms with Gasteiger partial charge in [-0.05, 0) is 74.9 Å². The Morgan fingerprint density at radius 2 is 1.74 bits per heavy atom. The van der Waals surface area contributed by atoms with Gasteiger partial charge in [0.05, 0.1) is 36.4 Å². The van der Waals surface area contributed by atoms with Gasteiger partial charge >= 0.3 is 0 Å². The van der Waals surface area contributed by atoms with E-state index >= 15 is 0 Å². The van der Waals surface area contributed by atoms with Crippen LogP contribution in [-0.4, -0.2) is 75.4 Å². The molecule has 6 aromatic rings. The minimum atomic E-state index is -0.592. The lowest BCUT2D eigenvalue weighted by Gasteiger charge is -2.13. The molecule has 0 saturated carbocycles. The number of aryl methyl sites for hydroxylation is 2. The van der Waals surface area contributed by atoms with Crippen molar-refractivity contribution in [3.8, 4) is 5.00 Å². The molecule has 12 nitrogen and oxygen atoms in total. The third-order valence-electron chi connectivity index (χ3n) is 9.43. The lowest BCUT2D eigenvalue weighted by molar-refractivity contribution is -0.121. The molecule has 14 heteroatoms. The van der Waals surface area contributed by atoms with E-state index < -0.39 is 6.04 Å². The van der Waals surface area contributed by atoms with Crippen molar-refractivity contribution in [2.24, 2.45) is 4.99 Å². The maximum Gasteiger partial charge on any atom is 0.254 e. The average Bonchev–Trinajstić information content (AvgIpc) is 3.79. The number of aromatic nitrogens is 4. The van der Waals surface area contributed by atoms with E-state index in [2.05, 4.69) is 41.3 Å². The van der Waals surface area contributed by atoms with E-state index in [0.717, 1.165) is 38.6 Å². The summed E-state index contributed by atoms with van der Waals surface area (Å²) in [4.78, 5) is 57.3. The van der Waals surface area contributed by atoms with E-state index in [1.165, 1.54) is 10.6 Å².